The Hall–Kier alpha value is -2.62. The standard InChI is InChI=1S/C17H16O4/c18-12-14-4-1-6-16(10-14)20-8-3-9-21-17-7-2-5-15(11-17)13-19/h1-2,4-7,10-13H,3,8-9H2. The highest BCUT2D eigenvalue weighted by atomic mass is 16.5. The van der Waals surface area contributed by atoms with Gasteiger partial charge in [-0.1, -0.05) is 24.3 Å². The number of benzene rings is 2. The Balaban J connectivity index is 1.72. The van der Waals surface area contributed by atoms with Gasteiger partial charge >= 0.3 is 0 Å². The molecule has 2 rings (SSSR count). The first-order valence-electron chi connectivity index (χ1n) is 6.68. The second kappa shape index (κ2) is 7.85. The molecule has 0 spiro atoms. The molecule has 0 saturated carbocycles. The zero-order chi connectivity index (χ0) is 14.9. The van der Waals surface area contributed by atoms with E-state index >= 15 is 0 Å². The molecule has 2 aromatic rings. The lowest BCUT2D eigenvalue weighted by molar-refractivity contribution is 0.111. The van der Waals surface area contributed by atoms with Crippen molar-refractivity contribution in [2.45, 2.75) is 6.42 Å². The predicted molar refractivity (Wildman–Crippen MR) is 79.3 cm³/mol. The van der Waals surface area contributed by atoms with Gasteiger partial charge < -0.3 is 9.47 Å². The Kier molecular flexibility index (Phi) is 5.52. The van der Waals surface area contributed by atoms with Crippen molar-refractivity contribution in [3.05, 3.63) is 59.7 Å². The summed E-state index contributed by atoms with van der Waals surface area (Å²) in [5.74, 6) is 1.34. The fourth-order valence-corrected chi connectivity index (χ4v) is 1.79. The van der Waals surface area contributed by atoms with Gasteiger partial charge in [0.2, 0.25) is 0 Å². The Labute approximate surface area is 123 Å². The first kappa shape index (κ1) is 14.8. The number of aldehydes is 2. The molecule has 108 valence electrons. The van der Waals surface area contributed by atoms with Crippen LogP contribution in [-0.4, -0.2) is 25.8 Å². The van der Waals surface area contributed by atoms with Gasteiger partial charge in [-0.05, 0) is 24.3 Å². The summed E-state index contributed by atoms with van der Waals surface area (Å²) < 4.78 is 11.1. The van der Waals surface area contributed by atoms with E-state index < -0.39 is 0 Å². The van der Waals surface area contributed by atoms with Crippen molar-refractivity contribution in [2.24, 2.45) is 0 Å². The lowest BCUT2D eigenvalue weighted by Gasteiger charge is -2.08. The highest BCUT2D eigenvalue weighted by Gasteiger charge is 1.98. The summed E-state index contributed by atoms with van der Waals surface area (Å²) in [5, 5.41) is 0. The van der Waals surface area contributed by atoms with Gasteiger partial charge in [-0.2, -0.15) is 0 Å². The largest absolute Gasteiger partial charge is 0.493 e. The van der Waals surface area contributed by atoms with Crippen LogP contribution < -0.4 is 9.47 Å². The van der Waals surface area contributed by atoms with Crippen LogP contribution in [0.1, 0.15) is 27.1 Å². The second-order valence-corrected chi connectivity index (χ2v) is 4.43. The number of ether oxygens (including phenoxy) is 2. The third-order valence-electron chi connectivity index (χ3n) is 2.81. The van der Waals surface area contributed by atoms with Gasteiger partial charge in [0.25, 0.3) is 0 Å². The van der Waals surface area contributed by atoms with E-state index in [1.165, 1.54) is 0 Å². The fourth-order valence-electron chi connectivity index (χ4n) is 1.79. The summed E-state index contributed by atoms with van der Waals surface area (Å²) in [4.78, 5) is 21.3. The first-order valence-corrected chi connectivity index (χ1v) is 6.68. The summed E-state index contributed by atoms with van der Waals surface area (Å²) >= 11 is 0. The molecule has 0 aromatic heterocycles. The van der Waals surface area contributed by atoms with Crippen molar-refractivity contribution in [3.63, 3.8) is 0 Å². The molecule has 0 aliphatic rings. The number of carbonyl (C=O) groups excluding carboxylic acids is 2. The molecule has 0 amide bonds. The molecule has 0 bridgehead atoms. The lowest BCUT2D eigenvalue weighted by atomic mass is 10.2. The Morgan fingerprint density at radius 3 is 1.67 bits per heavy atom. The molecule has 0 aliphatic heterocycles. The second-order valence-electron chi connectivity index (χ2n) is 4.43. The van der Waals surface area contributed by atoms with Crippen LogP contribution in [0.2, 0.25) is 0 Å². The Morgan fingerprint density at radius 2 is 1.24 bits per heavy atom. The van der Waals surface area contributed by atoms with Crippen molar-refractivity contribution in [2.75, 3.05) is 13.2 Å². The molecule has 0 unspecified atom stereocenters. The molecular formula is C17H16O4. The maximum atomic E-state index is 10.6. The van der Waals surface area contributed by atoms with Crippen LogP contribution in [-0.2, 0) is 0 Å². The summed E-state index contributed by atoms with van der Waals surface area (Å²) in [6, 6.07) is 14.0. The smallest absolute Gasteiger partial charge is 0.150 e. The van der Waals surface area contributed by atoms with Crippen LogP contribution in [0.4, 0.5) is 0 Å². The average molecular weight is 284 g/mol. The SMILES string of the molecule is O=Cc1cccc(OCCCOc2cccc(C=O)c2)c1. The molecule has 4 nitrogen and oxygen atoms in total. The first-order chi connectivity index (χ1) is 10.3. The number of carbonyl (C=O) groups is 2. The van der Waals surface area contributed by atoms with Gasteiger partial charge in [0.15, 0.2) is 0 Å². The maximum Gasteiger partial charge on any atom is 0.150 e. The van der Waals surface area contributed by atoms with E-state index in [1.54, 1.807) is 48.5 Å². The third-order valence-corrected chi connectivity index (χ3v) is 2.81. The zero-order valence-corrected chi connectivity index (χ0v) is 11.5. The van der Waals surface area contributed by atoms with Crippen LogP contribution in [0.3, 0.4) is 0 Å². The van der Waals surface area contributed by atoms with Gasteiger partial charge in [-0.25, -0.2) is 0 Å². The molecule has 0 N–H and O–H groups in total. The molecule has 0 saturated heterocycles. The summed E-state index contributed by atoms with van der Waals surface area (Å²) in [5.41, 5.74) is 1.18. The minimum Gasteiger partial charge on any atom is -0.493 e. The fraction of sp³-hybridized carbons (Fsp3) is 0.176. The third kappa shape index (κ3) is 4.76. The molecule has 2 aromatic carbocycles. The summed E-state index contributed by atoms with van der Waals surface area (Å²) in [6.07, 6.45) is 2.28. The average Bonchev–Trinajstić information content (AvgIpc) is 2.55. The van der Waals surface area contributed by atoms with E-state index in [0.29, 0.717) is 42.3 Å². The van der Waals surface area contributed by atoms with Crippen molar-refractivity contribution in [1.29, 1.82) is 0 Å². The molecule has 0 fully saturated rings. The van der Waals surface area contributed by atoms with E-state index in [2.05, 4.69) is 0 Å². The molecule has 21 heavy (non-hydrogen) atoms. The van der Waals surface area contributed by atoms with Gasteiger partial charge in [-0.3, -0.25) is 9.59 Å². The van der Waals surface area contributed by atoms with Crippen LogP contribution in [0, 0.1) is 0 Å². The minimum absolute atomic E-state index is 0.496. The molecule has 0 radical (unpaired) electrons. The molecular weight excluding hydrogens is 268 g/mol. The van der Waals surface area contributed by atoms with E-state index in [4.69, 9.17) is 9.47 Å². The minimum atomic E-state index is 0.496. The van der Waals surface area contributed by atoms with E-state index in [-0.39, 0.29) is 0 Å². The molecule has 0 aliphatic carbocycles. The van der Waals surface area contributed by atoms with Crippen LogP contribution >= 0.6 is 0 Å². The number of rotatable bonds is 8. The van der Waals surface area contributed by atoms with E-state index in [0.717, 1.165) is 12.6 Å². The highest BCUT2D eigenvalue weighted by molar-refractivity contribution is 5.75. The van der Waals surface area contributed by atoms with Gasteiger partial charge in [0, 0.05) is 17.5 Å². The summed E-state index contributed by atoms with van der Waals surface area (Å²) in [6.45, 7) is 0.991. The maximum absolute atomic E-state index is 10.6. The van der Waals surface area contributed by atoms with Gasteiger partial charge in [-0.15, -0.1) is 0 Å². The Bertz CT molecular complexity index is 554. The van der Waals surface area contributed by atoms with Crippen LogP contribution in [0.5, 0.6) is 11.5 Å². The summed E-state index contributed by atoms with van der Waals surface area (Å²) in [7, 11) is 0. The van der Waals surface area contributed by atoms with E-state index in [1.807, 2.05) is 0 Å². The van der Waals surface area contributed by atoms with Crippen LogP contribution in [0.25, 0.3) is 0 Å². The molecule has 0 atom stereocenters. The van der Waals surface area contributed by atoms with Gasteiger partial charge in [0.05, 0.1) is 13.2 Å². The van der Waals surface area contributed by atoms with Crippen molar-refractivity contribution in [3.8, 4) is 11.5 Å². The van der Waals surface area contributed by atoms with Crippen LogP contribution in [0.15, 0.2) is 48.5 Å². The predicted octanol–water partition coefficient (Wildman–Crippen LogP) is 3.16. The Morgan fingerprint density at radius 1 is 0.762 bits per heavy atom. The molecule has 4 heteroatoms. The van der Waals surface area contributed by atoms with Crippen molar-refractivity contribution in [1.82, 2.24) is 0 Å². The zero-order valence-electron chi connectivity index (χ0n) is 11.5. The number of hydrogen-bond acceptors (Lipinski definition) is 4. The topological polar surface area (TPSA) is 52.6 Å². The van der Waals surface area contributed by atoms with Crippen molar-refractivity contribution < 1.29 is 19.1 Å². The van der Waals surface area contributed by atoms with Crippen molar-refractivity contribution >= 4 is 12.6 Å². The lowest BCUT2D eigenvalue weighted by Crippen LogP contribution is -2.05. The van der Waals surface area contributed by atoms with E-state index in [9.17, 15) is 9.59 Å². The number of hydrogen-bond donors (Lipinski definition) is 0. The van der Waals surface area contributed by atoms with Gasteiger partial charge in [0.1, 0.15) is 24.1 Å². The quantitative estimate of drug-likeness (QED) is 0.552. The normalized spacial score (nSPS) is 9.90. The molecule has 0 heterocycles. The highest BCUT2D eigenvalue weighted by Crippen LogP contribution is 2.14. The monoisotopic (exact) mass is 284 g/mol.